The molecule has 0 spiro atoms. The maximum absolute atomic E-state index is 14.0. The van der Waals surface area contributed by atoms with Gasteiger partial charge in [-0.15, -0.1) is 0 Å². The Morgan fingerprint density at radius 1 is 1.23 bits per heavy atom. The summed E-state index contributed by atoms with van der Waals surface area (Å²) in [4.78, 5) is 29.9. The number of H-pyrrole nitrogens is 1. The molecule has 9 heteroatoms. The molecule has 156 valence electrons. The van der Waals surface area contributed by atoms with Crippen molar-refractivity contribution >= 4 is 39.3 Å². The zero-order valence-electron chi connectivity index (χ0n) is 16.8. The molecule has 0 radical (unpaired) electrons. The highest BCUT2D eigenvalue weighted by Gasteiger charge is 2.19. The predicted octanol–water partition coefficient (Wildman–Crippen LogP) is 2.41. The van der Waals surface area contributed by atoms with Gasteiger partial charge in [0.25, 0.3) is 11.8 Å². The molecule has 30 heavy (non-hydrogen) atoms. The summed E-state index contributed by atoms with van der Waals surface area (Å²) in [6.45, 7) is 1.97. The molecule has 1 aliphatic heterocycles. The van der Waals surface area contributed by atoms with Gasteiger partial charge in [0.05, 0.1) is 16.8 Å². The SMILES string of the molecule is CN(C)C(=O)c1ccc2c(c1)[nH]c1c(C(N)=O)cc(F)c(N)c12.N#CN1CCCC1. The van der Waals surface area contributed by atoms with Gasteiger partial charge in [-0.2, -0.15) is 5.26 Å². The highest BCUT2D eigenvalue weighted by atomic mass is 19.1. The van der Waals surface area contributed by atoms with E-state index in [1.807, 2.05) is 0 Å². The second kappa shape index (κ2) is 8.29. The number of aromatic nitrogens is 1. The van der Waals surface area contributed by atoms with Crippen molar-refractivity contribution in [1.29, 1.82) is 5.26 Å². The molecule has 0 bridgehead atoms. The number of hydrogen-bond donors (Lipinski definition) is 3. The Morgan fingerprint density at radius 3 is 2.43 bits per heavy atom. The van der Waals surface area contributed by atoms with E-state index >= 15 is 0 Å². The first-order valence-corrected chi connectivity index (χ1v) is 9.44. The molecule has 0 atom stereocenters. The Kier molecular flexibility index (Phi) is 5.78. The fourth-order valence-corrected chi connectivity index (χ4v) is 3.48. The number of fused-ring (bicyclic) bond motifs is 3. The van der Waals surface area contributed by atoms with Crippen LogP contribution in [-0.4, -0.2) is 53.8 Å². The highest BCUT2D eigenvalue weighted by molar-refractivity contribution is 6.19. The number of carbonyl (C=O) groups excluding carboxylic acids is 2. The fraction of sp³-hybridized carbons (Fsp3) is 0.286. The number of nitrogens with one attached hydrogen (secondary N) is 1. The Bertz CT molecular complexity index is 1170. The van der Waals surface area contributed by atoms with Gasteiger partial charge in [-0.1, -0.05) is 6.07 Å². The number of halogens is 1. The van der Waals surface area contributed by atoms with Crippen molar-refractivity contribution in [2.24, 2.45) is 5.73 Å². The molecule has 1 aromatic heterocycles. The van der Waals surface area contributed by atoms with Crippen LogP contribution in [0.1, 0.15) is 33.6 Å². The van der Waals surface area contributed by atoms with Crippen molar-refractivity contribution in [3.8, 4) is 6.19 Å². The molecule has 1 saturated heterocycles. The van der Waals surface area contributed by atoms with Crippen molar-refractivity contribution in [3.05, 3.63) is 41.2 Å². The number of likely N-dealkylation sites (tertiary alicyclic amines) is 1. The van der Waals surface area contributed by atoms with Crippen LogP contribution in [0.2, 0.25) is 0 Å². The Hall–Kier alpha value is -3.80. The van der Waals surface area contributed by atoms with Gasteiger partial charge in [-0.25, -0.2) is 4.39 Å². The van der Waals surface area contributed by atoms with E-state index in [9.17, 15) is 14.0 Å². The van der Waals surface area contributed by atoms with E-state index in [4.69, 9.17) is 16.7 Å². The van der Waals surface area contributed by atoms with Crippen molar-refractivity contribution in [2.45, 2.75) is 12.8 Å². The monoisotopic (exact) mass is 410 g/mol. The van der Waals surface area contributed by atoms with Gasteiger partial charge in [0.2, 0.25) is 0 Å². The summed E-state index contributed by atoms with van der Waals surface area (Å²) in [6.07, 6.45) is 4.50. The van der Waals surface area contributed by atoms with E-state index in [2.05, 4.69) is 11.2 Å². The molecule has 1 fully saturated rings. The van der Waals surface area contributed by atoms with E-state index < -0.39 is 11.7 Å². The minimum Gasteiger partial charge on any atom is -0.396 e. The minimum atomic E-state index is -0.759. The third kappa shape index (κ3) is 3.85. The van der Waals surface area contributed by atoms with Gasteiger partial charge >= 0.3 is 0 Å². The van der Waals surface area contributed by atoms with Gasteiger partial charge in [0.1, 0.15) is 5.82 Å². The minimum absolute atomic E-state index is 0.0170. The lowest BCUT2D eigenvalue weighted by Gasteiger charge is -2.09. The number of anilines is 1. The lowest BCUT2D eigenvalue weighted by atomic mass is 10.0. The van der Waals surface area contributed by atoms with E-state index in [-0.39, 0.29) is 17.2 Å². The second-order valence-electron chi connectivity index (χ2n) is 7.31. The van der Waals surface area contributed by atoms with Gasteiger partial charge in [0, 0.05) is 49.0 Å². The van der Waals surface area contributed by atoms with Crippen LogP contribution in [0.4, 0.5) is 10.1 Å². The number of nitrogens with zero attached hydrogens (tertiary/aromatic N) is 3. The molecule has 2 amide bonds. The third-order valence-electron chi connectivity index (χ3n) is 5.03. The van der Waals surface area contributed by atoms with E-state index in [1.165, 1.54) is 17.7 Å². The Labute approximate surface area is 172 Å². The van der Waals surface area contributed by atoms with Crippen molar-refractivity contribution in [3.63, 3.8) is 0 Å². The summed E-state index contributed by atoms with van der Waals surface area (Å²) < 4.78 is 14.0. The van der Waals surface area contributed by atoms with E-state index in [0.717, 1.165) is 19.2 Å². The molecular weight excluding hydrogens is 387 g/mol. The number of aromatic amines is 1. The summed E-state index contributed by atoms with van der Waals surface area (Å²) in [5.74, 6) is -1.63. The molecule has 8 nitrogen and oxygen atoms in total. The molecular formula is C21H23FN6O2. The van der Waals surface area contributed by atoms with Crippen LogP contribution >= 0.6 is 0 Å². The molecule has 5 N–H and O–H groups in total. The highest BCUT2D eigenvalue weighted by Crippen LogP contribution is 2.34. The van der Waals surface area contributed by atoms with Crippen LogP contribution in [0.5, 0.6) is 0 Å². The van der Waals surface area contributed by atoms with Crippen LogP contribution < -0.4 is 11.5 Å². The standard InChI is InChI=1S/C16H15FN4O2.C5H8N2/c1-21(2)16(23)7-3-4-8-11(5-7)20-14-9(15(19)22)6-10(17)13(18)12(8)14;6-5-7-3-1-2-4-7/h3-6,20H,18H2,1-2H3,(H2,19,22);1-4H2. The van der Waals surface area contributed by atoms with Crippen LogP contribution in [0, 0.1) is 17.3 Å². The third-order valence-corrected chi connectivity index (χ3v) is 5.03. The number of nitrogens with two attached hydrogens (primary N) is 2. The summed E-state index contributed by atoms with van der Waals surface area (Å²) >= 11 is 0. The number of rotatable bonds is 2. The Balaban J connectivity index is 0.000000310. The first kappa shape index (κ1) is 20.9. The number of nitrogen functional groups attached to an aromatic ring is 1. The zero-order chi connectivity index (χ0) is 22.0. The summed E-state index contributed by atoms with van der Waals surface area (Å²) in [5.41, 5.74) is 12.5. The van der Waals surface area contributed by atoms with Crippen LogP contribution in [-0.2, 0) is 0 Å². The molecule has 4 rings (SSSR count). The van der Waals surface area contributed by atoms with Gasteiger partial charge in [0.15, 0.2) is 6.19 Å². The lowest BCUT2D eigenvalue weighted by Crippen LogP contribution is -2.21. The average Bonchev–Trinajstić information content (AvgIpc) is 3.37. The first-order chi connectivity index (χ1) is 14.2. The van der Waals surface area contributed by atoms with Crippen molar-refractivity contribution in [2.75, 3.05) is 32.9 Å². The lowest BCUT2D eigenvalue weighted by molar-refractivity contribution is 0.0827. The number of primary amides is 1. The zero-order valence-corrected chi connectivity index (χ0v) is 16.8. The predicted molar refractivity (Wildman–Crippen MR) is 113 cm³/mol. The quantitative estimate of drug-likeness (QED) is 0.441. The fourth-order valence-electron chi connectivity index (χ4n) is 3.48. The largest absolute Gasteiger partial charge is 0.396 e. The summed E-state index contributed by atoms with van der Waals surface area (Å²) in [5, 5.41) is 9.25. The first-order valence-electron chi connectivity index (χ1n) is 9.44. The Morgan fingerprint density at radius 2 is 1.90 bits per heavy atom. The molecule has 2 heterocycles. The number of carbonyl (C=O) groups is 2. The molecule has 2 aromatic carbocycles. The van der Waals surface area contributed by atoms with Gasteiger partial charge < -0.3 is 26.3 Å². The summed E-state index contributed by atoms with van der Waals surface area (Å²) in [7, 11) is 3.30. The van der Waals surface area contributed by atoms with Gasteiger partial charge in [-0.3, -0.25) is 9.59 Å². The average molecular weight is 410 g/mol. The molecule has 1 aliphatic rings. The van der Waals surface area contributed by atoms with Gasteiger partial charge in [-0.05, 0) is 31.0 Å². The van der Waals surface area contributed by atoms with Crippen LogP contribution in [0.15, 0.2) is 24.3 Å². The number of benzene rings is 2. The van der Waals surface area contributed by atoms with Crippen LogP contribution in [0.3, 0.4) is 0 Å². The second-order valence-corrected chi connectivity index (χ2v) is 7.31. The van der Waals surface area contributed by atoms with Crippen molar-refractivity contribution in [1.82, 2.24) is 14.8 Å². The maximum Gasteiger partial charge on any atom is 0.253 e. The normalized spacial score (nSPS) is 13.1. The number of nitriles is 1. The number of hydrogen-bond acceptors (Lipinski definition) is 5. The molecule has 0 aliphatic carbocycles. The smallest absolute Gasteiger partial charge is 0.253 e. The topological polar surface area (TPSA) is 132 Å². The van der Waals surface area contributed by atoms with Crippen LogP contribution in [0.25, 0.3) is 21.8 Å². The number of amides is 2. The molecule has 3 aromatic rings. The molecule has 0 saturated carbocycles. The summed E-state index contributed by atoms with van der Waals surface area (Å²) in [6, 6.07) is 5.96. The van der Waals surface area contributed by atoms with E-state index in [1.54, 1.807) is 37.2 Å². The molecule has 0 unspecified atom stereocenters. The van der Waals surface area contributed by atoms with E-state index in [0.29, 0.717) is 27.4 Å². The maximum atomic E-state index is 14.0. The van der Waals surface area contributed by atoms with Crippen molar-refractivity contribution < 1.29 is 14.0 Å².